The van der Waals surface area contributed by atoms with E-state index in [0.29, 0.717) is 66.2 Å². The molecule has 4 aromatic heterocycles. The topological polar surface area (TPSA) is 104 Å². The molecular weight excluding hydrogens is 1090 g/mol. The van der Waals surface area contributed by atoms with Crippen LogP contribution >= 0.6 is 0 Å². The first kappa shape index (κ1) is 51.9. The van der Waals surface area contributed by atoms with Gasteiger partial charge in [0, 0.05) is 23.6 Å². The van der Waals surface area contributed by atoms with Crippen molar-refractivity contribution in [3.63, 3.8) is 0 Å². The molecule has 0 fully saturated rings. The molecule has 0 amide bonds. The third kappa shape index (κ3) is 8.15. The average molecular weight is 1130 g/mol. The van der Waals surface area contributed by atoms with Crippen LogP contribution in [0.2, 0.25) is 0 Å². The molecule has 0 saturated carbocycles. The van der Waals surface area contributed by atoms with Crippen LogP contribution in [-0.2, 0) is 10.8 Å². The van der Waals surface area contributed by atoms with Gasteiger partial charge < -0.3 is 17.7 Å². The highest BCUT2D eigenvalue weighted by atomic mass is 19.4. The number of halogens is 12. The fourth-order valence-corrected chi connectivity index (χ4v) is 10.9. The molecule has 0 unspecified atom stereocenters. The van der Waals surface area contributed by atoms with Gasteiger partial charge in [-0.1, -0.05) is 78.4 Å². The molecule has 0 radical (unpaired) electrons. The second-order valence-corrected chi connectivity index (χ2v) is 19.9. The van der Waals surface area contributed by atoms with E-state index >= 15 is 26.3 Å². The molecule has 410 valence electrons. The SMILES string of the molecule is Cc1ccc(C(c2ccc(-c3nc4cc5cc6cc7nc(-c8ccc(C(c9ccc(-c%10nc%11ccc(-c%12ccc%13nc(C)oc%13c%12)cc%11o%10)cc9)(C(F)(F)F)C(F)(F)F)cc8)oc7cc6cc5cc4o3)cc2)(C(F)(F)F)C(F)(F)F)cc1. The smallest absolute Gasteiger partial charge is 0.411 e. The van der Waals surface area contributed by atoms with Gasteiger partial charge in [-0.05, 0) is 159 Å². The molecule has 0 bridgehead atoms. The lowest BCUT2D eigenvalue weighted by Gasteiger charge is -2.38. The maximum atomic E-state index is 15.3. The van der Waals surface area contributed by atoms with E-state index < -0.39 is 57.8 Å². The van der Waals surface area contributed by atoms with E-state index in [1.807, 2.05) is 12.1 Å². The fourth-order valence-electron chi connectivity index (χ4n) is 10.9. The van der Waals surface area contributed by atoms with Crippen molar-refractivity contribution >= 4 is 65.9 Å². The van der Waals surface area contributed by atoms with E-state index in [9.17, 15) is 26.3 Å². The van der Waals surface area contributed by atoms with Crippen LogP contribution in [0.5, 0.6) is 0 Å². The summed E-state index contributed by atoms with van der Waals surface area (Å²) in [6.45, 7) is 3.27. The standard InChI is InChI=1S/C62H34F12N4O4/c1-31-3-13-42(14-4-31)57(59(63,64)65,60(66,67)68)43-17-7-34(8-18-43)55-77-48-25-38-23-39-26-49-53(30-41(39)24-40(38)29-52(48)81-55)82-56(78-49)35-9-19-45(20-10-35)58(61(69,70)71,62(72,73)74)44-15-5-33(6-16-44)54-76-47-22-12-37(28-51(47)80-54)36-11-21-46-50(27-36)79-32(2)75-46/h3-30H,1-2H3. The van der Waals surface area contributed by atoms with Gasteiger partial charge in [0.15, 0.2) is 28.2 Å². The maximum Gasteiger partial charge on any atom is 0.411 e. The number of alkyl halides is 12. The Labute approximate surface area is 453 Å². The van der Waals surface area contributed by atoms with Gasteiger partial charge in [-0.15, -0.1) is 0 Å². The molecule has 82 heavy (non-hydrogen) atoms. The summed E-state index contributed by atoms with van der Waals surface area (Å²) in [5.41, 5.74) is -7.63. The van der Waals surface area contributed by atoms with E-state index in [1.165, 1.54) is 12.1 Å². The minimum atomic E-state index is -5.88. The Morgan fingerprint density at radius 1 is 0.280 bits per heavy atom. The van der Waals surface area contributed by atoms with Crippen molar-refractivity contribution < 1.29 is 70.4 Å². The quantitative estimate of drug-likeness (QED) is 0.109. The minimum Gasteiger partial charge on any atom is -0.441 e. The van der Waals surface area contributed by atoms with Crippen molar-refractivity contribution in [1.29, 1.82) is 0 Å². The number of rotatable bonds is 8. The molecule has 0 aliphatic carbocycles. The van der Waals surface area contributed by atoms with Gasteiger partial charge in [-0.3, -0.25) is 0 Å². The average Bonchev–Trinajstić information content (AvgIpc) is 1.74. The Balaban J connectivity index is 0.778. The zero-order valence-corrected chi connectivity index (χ0v) is 42.1. The summed E-state index contributed by atoms with van der Waals surface area (Å²) in [6, 6.07) is 35.9. The summed E-state index contributed by atoms with van der Waals surface area (Å²) in [4.78, 5) is 17.8. The molecule has 13 aromatic rings. The van der Waals surface area contributed by atoms with Crippen LogP contribution in [0.15, 0.2) is 188 Å². The lowest BCUT2D eigenvalue weighted by atomic mass is 9.72. The molecule has 0 atom stereocenters. The molecular formula is C62H34F12N4O4. The van der Waals surface area contributed by atoms with Crippen molar-refractivity contribution in [3.05, 3.63) is 204 Å². The first-order chi connectivity index (χ1) is 38.9. The van der Waals surface area contributed by atoms with Crippen LogP contribution in [0.3, 0.4) is 0 Å². The predicted molar refractivity (Wildman–Crippen MR) is 282 cm³/mol. The van der Waals surface area contributed by atoms with Crippen LogP contribution < -0.4 is 0 Å². The van der Waals surface area contributed by atoms with Crippen molar-refractivity contribution in [2.75, 3.05) is 0 Å². The highest BCUT2D eigenvalue weighted by Gasteiger charge is 2.73. The van der Waals surface area contributed by atoms with Crippen LogP contribution in [0.1, 0.15) is 33.7 Å². The monoisotopic (exact) mass is 1130 g/mol. The Bertz CT molecular complexity index is 4530. The number of fused-ring (bicyclic) bond motifs is 6. The molecule has 20 heteroatoms. The molecule has 0 spiro atoms. The maximum absolute atomic E-state index is 15.3. The first-order valence-electron chi connectivity index (χ1n) is 24.9. The molecule has 8 nitrogen and oxygen atoms in total. The summed E-state index contributed by atoms with van der Waals surface area (Å²) in [5, 5.41) is 2.55. The summed E-state index contributed by atoms with van der Waals surface area (Å²) >= 11 is 0. The van der Waals surface area contributed by atoms with E-state index in [1.54, 1.807) is 74.5 Å². The van der Waals surface area contributed by atoms with Crippen molar-refractivity contribution in [2.45, 2.75) is 49.4 Å². The lowest BCUT2D eigenvalue weighted by molar-refractivity contribution is -0.290. The number of aryl methyl sites for hydroxylation is 2. The third-order valence-electron chi connectivity index (χ3n) is 14.9. The molecule has 9 aromatic carbocycles. The summed E-state index contributed by atoms with van der Waals surface area (Å²) in [5.74, 6) is 0.315. The van der Waals surface area contributed by atoms with Gasteiger partial charge in [0.1, 0.15) is 22.1 Å². The molecule has 13 rings (SSSR count). The number of nitrogens with zero attached hydrogens (tertiary/aromatic N) is 4. The van der Waals surface area contributed by atoms with E-state index in [0.717, 1.165) is 96.1 Å². The molecule has 4 heterocycles. The Morgan fingerprint density at radius 3 is 0.939 bits per heavy atom. The van der Waals surface area contributed by atoms with Gasteiger partial charge in [0.2, 0.25) is 28.5 Å². The zero-order chi connectivity index (χ0) is 57.5. The van der Waals surface area contributed by atoms with Crippen molar-refractivity contribution in [1.82, 2.24) is 19.9 Å². The largest absolute Gasteiger partial charge is 0.441 e. The summed E-state index contributed by atoms with van der Waals surface area (Å²) in [6.07, 6.45) is -23.3. The van der Waals surface area contributed by atoms with Crippen molar-refractivity contribution in [3.8, 4) is 45.5 Å². The van der Waals surface area contributed by atoms with E-state index in [-0.39, 0.29) is 45.5 Å². The molecule has 0 N–H and O–H groups in total. The lowest BCUT2D eigenvalue weighted by Crippen LogP contribution is -2.54. The van der Waals surface area contributed by atoms with Gasteiger partial charge in [0.25, 0.3) is 0 Å². The molecule has 0 aliphatic heterocycles. The summed E-state index contributed by atoms with van der Waals surface area (Å²) < 4.78 is 204. The van der Waals surface area contributed by atoms with Gasteiger partial charge in [-0.2, -0.15) is 52.7 Å². The summed E-state index contributed by atoms with van der Waals surface area (Å²) in [7, 11) is 0. The Morgan fingerprint density at radius 2 is 0.573 bits per heavy atom. The van der Waals surface area contributed by atoms with Crippen LogP contribution in [0.4, 0.5) is 52.7 Å². The van der Waals surface area contributed by atoms with E-state index in [4.69, 9.17) is 17.7 Å². The number of benzene rings is 9. The van der Waals surface area contributed by atoms with Crippen molar-refractivity contribution in [2.24, 2.45) is 0 Å². The Hall–Kier alpha value is -9.46. The van der Waals surface area contributed by atoms with Crippen LogP contribution in [0.25, 0.3) is 111 Å². The number of aromatic nitrogens is 4. The third-order valence-corrected chi connectivity index (χ3v) is 14.9. The molecule has 0 saturated heterocycles. The minimum absolute atomic E-state index is 0.0262. The van der Waals surface area contributed by atoms with Crippen LogP contribution in [-0.4, -0.2) is 44.6 Å². The number of hydrogen-bond donors (Lipinski definition) is 0. The second-order valence-electron chi connectivity index (χ2n) is 19.9. The van der Waals surface area contributed by atoms with Gasteiger partial charge >= 0.3 is 24.7 Å². The highest BCUT2D eigenvalue weighted by Crippen LogP contribution is 2.58. The second kappa shape index (κ2) is 18.0. The zero-order valence-electron chi connectivity index (χ0n) is 42.1. The van der Waals surface area contributed by atoms with E-state index in [2.05, 4.69) is 19.9 Å². The first-order valence-corrected chi connectivity index (χ1v) is 24.9. The normalized spacial score (nSPS) is 13.2. The Kier molecular flexibility index (Phi) is 11.4. The predicted octanol–water partition coefficient (Wildman–Crippen LogP) is 18.7. The van der Waals surface area contributed by atoms with Gasteiger partial charge in [-0.25, -0.2) is 19.9 Å². The van der Waals surface area contributed by atoms with Crippen LogP contribution in [0, 0.1) is 13.8 Å². The van der Waals surface area contributed by atoms with Gasteiger partial charge in [0.05, 0.1) is 0 Å². The number of hydrogen-bond acceptors (Lipinski definition) is 8. The molecule has 0 aliphatic rings. The highest BCUT2D eigenvalue weighted by molar-refractivity contribution is 6.06. The number of oxazole rings is 4. The fraction of sp³-hybridized carbons (Fsp3) is 0.129.